The van der Waals surface area contributed by atoms with Crippen LogP contribution in [0.15, 0.2) is 55.1 Å². The third-order valence-electron chi connectivity index (χ3n) is 3.92. The Bertz CT molecular complexity index is 900. The van der Waals surface area contributed by atoms with Crippen molar-refractivity contribution in [2.24, 2.45) is 0 Å². The smallest absolute Gasteiger partial charge is 0.343 e. The fourth-order valence-electron chi connectivity index (χ4n) is 2.43. The van der Waals surface area contributed by atoms with Crippen molar-refractivity contribution >= 4 is 17.9 Å². The van der Waals surface area contributed by atoms with Crippen molar-refractivity contribution in [2.45, 2.75) is 26.7 Å². The predicted molar refractivity (Wildman–Crippen MR) is 110 cm³/mol. The van der Waals surface area contributed by atoms with Crippen LogP contribution in [0.4, 0.5) is 0 Å². The van der Waals surface area contributed by atoms with Gasteiger partial charge in [-0.25, -0.2) is 9.59 Å². The van der Waals surface area contributed by atoms with Crippen LogP contribution in [0, 0.1) is 6.92 Å². The molecule has 0 aliphatic rings. The molecular weight excluding hydrogens is 388 g/mol. The summed E-state index contributed by atoms with van der Waals surface area (Å²) in [5.74, 6) is 0.0326. The molecule has 0 N–H and O–H groups in total. The fraction of sp³-hybridized carbons (Fsp3) is 0.261. The van der Waals surface area contributed by atoms with E-state index in [9.17, 15) is 14.4 Å². The molecule has 0 aliphatic carbocycles. The molecule has 0 bridgehead atoms. The van der Waals surface area contributed by atoms with Crippen molar-refractivity contribution in [3.05, 3.63) is 66.2 Å². The van der Waals surface area contributed by atoms with Crippen molar-refractivity contribution in [3.8, 4) is 17.2 Å². The Labute approximate surface area is 175 Å². The van der Waals surface area contributed by atoms with Crippen LogP contribution in [-0.2, 0) is 14.3 Å². The molecule has 0 heterocycles. The van der Waals surface area contributed by atoms with E-state index in [1.54, 1.807) is 49.4 Å². The molecule has 30 heavy (non-hydrogen) atoms. The van der Waals surface area contributed by atoms with Crippen LogP contribution < -0.4 is 14.2 Å². The summed E-state index contributed by atoms with van der Waals surface area (Å²) in [5.41, 5.74) is 1.05. The number of hydrogen-bond acceptors (Lipinski definition) is 7. The number of carbonyl (C=O) groups excluding carboxylic acids is 3. The highest BCUT2D eigenvalue weighted by atomic mass is 16.5. The number of aryl methyl sites for hydroxylation is 1. The van der Waals surface area contributed by atoms with E-state index >= 15 is 0 Å². The van der Waals surface area contributed by atoms with Crippen molar-refractivity contribution in [1.29, 1.82) is 0 Å². The molecule has 0 saturated heterocycles. The van der Waals surface area contributed by atoms with Crippen LogP contribution in [0.5, 0.6) is 17.2 Å². The van der Waals surface area contributed by atoms with Crippen molar-refractivity contribution in [3.63, 3.8) is 0 Å². The molecule has 7 heteroatoms. The van der Waals surface area contributed by atoms with Crippen LogP contribution >= 0.6 is 0 Å². The summed E-state index contributed by atoms with van der Waals surface area (Å²) in [6.07, 6.45) is 2.53. The lowest BCUT2D eigenvalue weighted by Gasteiger charge is -2.09. The van der Waals surface area contributed by atoms with Gasteiger partial charge in [0.25, 0.3) is 0 Å². The zero-order valence-electron chi connectivity index (χ0n) is 17.0. The standard InChI is InChI=1S/C23H24O7/c1-4-22(25)28-14-6-5-13-27-19-9-7-18(8-10-19)23(26)30-20-11-12-21(16(2)15-20)29-17(3)24/h4,7-12,15H,1,5-6,13-14H2,2-3H3. The summed E-state index contributed by atoms with van der Waals surface area (Å²) in [7, 11) is 0. The van der Waals surface area contributed by atoms with E-state index in [1.165, 1.54) is 6.92 Å². The second kappa shape index (κ2) is 11.4. The van der Waals surface area contributed by atoms with Crippen LogP contribution in [0.2, 0.25) is 0 Å². The Morgan fingerprint density at radius 3 is 2.23 bits per heavy atom. The van der Waals surface area contributed by atoms with Gasteiger partial charge in [-0.1, -0.05) is 6.58 Å². The van der Waals surface area contributed by atoms with Gasteiger partial charge in [-0.3, -0.25) is 4.79 Å². The average molecular weight is 412 g/mol. The molecule has 0 aromatic heterocycles. The number of rotatable bonds is 10. The first-order valence-corrected chi connectivity index (χ1v) is 9.42. The van der Waals surface area contributed by atoms with Crippen molar-refractivity contribution < 1.29 is 33.3 Å². The van der Waals surface area contributed by atoms with Crippen LogP contribution in [0.25, 0.3) is 0 Å². The van der Waals surface area contributed by atoms with E-state index in [1.807, 2.05) is 0 Å². The molecule has 7 nitrogen and oxygen atoms in total. The van der Waals surface area contributed by atoms with E-state index in [2.05, 4.69) is 6.58 Å². The summed E-state index contributed by atoms with van der Waals surface area (Å²) in [5, 5.41) is 0. The monoisotopic (exact) mass is 412 g/mol. The molecule has 0 unspecified atom stereocenters. The van der Waals surface area contributed by atoms with E-state index in [4.69, 9.17) is 18.9 Å². The Hall–Kier alpha value is -3.61. The Kier molecular flexibility index (Phi) is 8.62. The zero-order chi connectivity index (χ0) is 21.9. The number of ether oxygens (including phenoxy) is 4. The molecule has 2 rings (SSSR count). The first kappa shape index (κ1) is 22.7. The molecular formula is C23H24O7. The van der Waals surface area contributed by atoms with Crippen molar-refractivity contribution in [1.82, 2.24) is 0 Å². The van der Waals surface area contributed by atoms with Gasteiger partial charge in [0.05, 0.1) is 18.8 Å². The molecule has 0 saturated carbocycles. The Morgan fingerprint density at radius 2 is 1.60 bits per heavy atom. The van der Waals surface area contributed by atoms with E-state index in [0.717, 1.165) is 12.5 Å². The van der Waals surface area contributed by atoms with Crippen LogP contribution in [0.1, 0.15) is 35.7 Å². The van der Waals surface area contributed by atoms with Gasteiger partial charge in [-0.2, -0.15) is 0 Å². The zero-order valence-corrected chi connectivity index (χ0v) is 17.0. The second-order valence-corrected chi connectivity index (χ2v) is 6.36. The SMILES string of the molecule is C=CC(=O)OCCCCOc1ccc(C(=O)Oc2ccc(OC(C)=O)c(C)c2)cc1. The molecule has 0 atom stereocenters. The maximum Gasteiger partial charge on any atom is 0.343 e. The Balaban J connectivity index is 1.80. The third kappa shape index (κ3) is 7.43. The van der Waals surface area contributed by atoms with Gasteiger partial charge >= 0.3 is 17.9 Å². The first-order chi connectivity index (χ1) is 14.4. The second-order valence-electron chi connectivity index (χ2n) is 6.36. The summed E-state index contributed by atoms with van der Waals surface area (Å²) in [6, 6.07) is 11.4. The molecule has 2 aromatic carbocycles. The summed E-state index contributed by atoms with van der Waals surface area (Å²) in [4.78, 5) is 34.3. The third-order valence-corrected chi connectivity index (χ3v) is 3.92. The fourth-order valence-corrected chi connectivity index (χ4v) is 2.43. The summed E-state index contributed by atoms with van der Waals surface area (Å²) in [6.45, 7) is 7.18. The molecule has 0 radical (unpaired) electrons. The van der Waals surface area contributed by atoms with Gasteiger partial charge < -0.3 is 18.9 Å². The lowest BCUT2D eigenvalue weighted by molar-refractivity contribution is -0.138. The lowest BCUT2D eigenvalue weighted by atomic mass is 10.2. The van der Waals surface area contributed by atoms with Gasteiger partial charge in [0, 0.05) is 13.0 Å². The molecule has 158 valence electrons. The Morgan fingerprint density at radius 1 is 0.933 bits per heavy atom. The molecule has 0 spiro atoms. The van der Waals surface area contributed by atoms with Crippen LogP contribution in [-0.4, -0.2) is 31.1 Å². The van der Waals surface area contributed by atoms with Gasteiger partial charge in [0.15, 0.2) is 0 Å². The lowest BCUT2D eigenvalue weighted by Crippen LogP contribution is -2.09. The van der Waals surface area contributed by atoms with E-state index < -0.39 is 17.9 Å². The number of esters is 3. The minimum atomic E-state index is -0.509. The highest BCUT2D eigenvalue weighted by Crippen LogP contribution is 2.24. The molecule has 2 aromatic rings. The number of carbonyl (C=O) groups is 3. The minimum Gasteiger partial charge on any atom is -0.494 e. The normalized spacial score (nSPS) is 10.1. The average Bonchev–Trinajstić information content (AvgIpc) is 2.72. The summed E-state index contributed by atoms with van der Waals surface area (Å²) < 4.78 is 20.9. The highest BCUT2D eigenvalue weighted by molar-refractivity contribution is 5.91. The molecule has 0 aliphatic heterocycles. The number of benzene rings is 2. The summed E-state index contributed by atoms with van der Waals surface area (Å²) >= 11 is 0. The predicted octanol–water partition coefficient (Wildman–Crippen LogP) is 4.03. The van der Waals surface area contributed by atoms with Gasteiger partial charge in [-0.15, -0.1) is 0 Å². The minimum absolute atomic E-state index is 0.320. The molecule has 0 amide bonds. The van der Waals surface area contributed by atoms with Gasteiger partial charge in [0.1, 0.15) is 17.2 Å². The van der Waals surface area contributed by atoms with E-state index in [0.29, 0.717) is 48.0 Å². The van der Waals surface area contributed by atoms with E-state index in [-0.39, 0.29) is 0 Å². The maximum absolute atomic E-state index is 12.3. The van der Waals surface area contributed by atoms with Gasteiger partial charge in [0.2, 0.25) is 0 Å². The topological polar surface area (TPSA) is 88.1 Å². The largest absolute Gasteiger partial charge is 0.494 e. The number of unbranched alkanes of at least 4 members (excludes halogenated alkanes) is 1. The van der Waals surface area contributed by atoms with Crippen molar-refractivity contribution in [2.75, 3.05) is 13.2 Å². The number of hydrogen-bond donors (Lipinski definition) is 0. The van der Waals surface area contributed by atoms with Gasteiger partial charge in [-0.05, 0) is 67.8 Å². The highest BCUT2D eigenvalue weighted by Gasteiger charge is 2.11. The maximum atomic E-state index is 12.3. The molecule has 0 fully saturated rings. The quantitative estimate of drug-likeness (QED) is 0.252. The first-order valence-electron chi connectivity index (χ1n) is 9.42. The van der Waals surface area contributed by atoms with Crippen LogP contribution in [0.3, 0.4) is 0 Å².